The van der Waals surface area contributed by atoms with Crippen LogP contribution in [0.25, 0.3) is 11.1 Å². The first-order valence-corrected chi connectivity index (χ1v) is 9.71. The SMILES string of the molecule is COc1ccccc1COc1ccc(-c2ccc(OC(F)(F)F)cc2)cc1CCC(=O)O. The minimum atomic E-state index is -4.76. The molecule has 32 heavy (non-hydrogen) atoms. The largest absolute Gasteiger partial charge is 0.573 e. The van der Waals surface area contributed by atoms with Crippen molar-refractivity contribution in [2.24, 2.45) is 0 Å². The molecule has 0 fully saturated rings. The Bertz CT molecular complexity index is 1060. The fourth-order valence-electron chi connectivity index (χ4n) is 3.16. The molecule has 0 atom stereocenters. The van der Waals surface area contributed by atoms with Crippen LogP contribution < -0.4 is 14.2 Å². The van der Waals surface area contributed by atoms with E-state index in [1.807, 2.05) is 24.3 Å². The van der Waals surface area contributed by atoms with Gasteiger partial charge in [-0.3, -0.25) is 4.79 Å². The van der Waals surface area contributed by atoms with Gasteiger partial charge in [0.1, 0.15) is 23.9 Å². The summed E-state index contributed by atoms with van der Waals surface area (Å²) in [6.07, 6.45) is -4.61. The number of hydrogen-bond acceptors (Lipinski definition) is 4. The predicted molar refractivity (Wildman–Crippen MR) is 112 cm³/mol. The molecular weight excluding hydrogens is 425 g/mol. The summed E-state index contributed by atoms with van der Waals surface area (Å²) in [4.78, 5) is 11.1. The van der Waals surface area contributed by atoms with E-state index in [1.165, 1.54) is 24.3 Å². The zero-order valence-corrected chi connectivity index (χ0v) is 17.2. The van der Waals surface area contributed by atoms with Gasteiger partial charge in [0.15, 0.2) is 0 Å². The molecule has 0 unspecified atom stereocenters. The Hall–Kier alpha value is -3.68. The maximum absolute atomic E-state index is 12.4. The van der Waals surface area contributed by atoms with E-state index >= 15 is 0 Å². The molecule has 0 spiro atoms. The van der Waals surface area contributed by atoms with Gasteiger partial charge in [0, 0.05) is 12.0 Å². The maximum Gasteiger partial charge on any atom is 0.573 e. The monoisotopic (exact) mass is 446 g/mol. The van der Waals surface area contributed by atoms with Crippen molar-refractivity contribution in [3.63, 3.8) is 0 Å². The quantitative estimate of drug-likeness (QED) is 0.446. The van der Waals surface area contributed by atoms with Gasteiger partial charge in [0.25, 0.3) is 0 Å². The molecule has 0 saturated carbocycles. The third kappa shape index (κ3) is 6.41. The van der Waals surface area contributed by atoms with E-state index in [0.29, 0.717) is 28.2 Å². The average molecular weight is 446 g/mol. The summed E-state index contributed by atoms with van der Waals surface area (Å²) in [5.74, 6) is -0.0563. The highest BCUT2D eigenvalue weighted by Gasteiger charge is 2.31. The molecule has 168 valence electrons. The summed E-state index contributed by atoms with van der Waals surface area (Å²) in [6, 6.07) is 18.1. The van der Waals surface area contributed by atoms with Crippen molar-refractivity contribution in [3.05, 3.63) is 77.9 Å². The molecule has 0 aliphatic carbocycles. The van der Waals surface area contributed by atoms with Crippen LogP contribution in [-0.2, 0) is 17.8 Å². The molecule has 1 N–H and O–H groups in total. The Labute approximate surface area is 183 Å². The van der Waals surface area contributed by atoms with Gasteiger partial charge in [0.05, 0.1) is 7.11 Å². The Kier molecular flexibility index (Phi) is 7.25. The first-order chi connectivity index (χ1) is 15.2. The number of alkyl halides is 3. The number of carboxylic acid groups (broad SMARTS) is 1. The first kappa shape index (κ1) is 23.0. The van der Waals surface area contributed by atoms with Crippen LogP contribution in [0.15, 0.2) is 66.7 Å². The van der Waals surface area contributed by atoms with Crippen molar-refractivity contribution in [2.75, 3.05) is 7.11 Å². The van der Waals surface area contributed by atoms with Crippen LogP contribution in [0.3, 0.4) is 0 Å². The van der Waals surface area contributed by atoms with Gasteiger partial charge >= 0.3 is 12.3 Å². The minimum absolute atomic E-state index is 0.0904. The molecule has 0 aliphatic heterocycles. The summed E-state index contributed by atoms with van der Waals surface area (Å²) in [5.41, 5.74) is 2.89. The van der Waals surface area contributed by atoms with Gasteiger partial charge in [-0.05, 0) is 53.4 Å². The van der Waals surface area contributed by atoms with E-state index in [0.717, 1.165) is 5.56 Å². The Morgan fingerprint density at radius 2 is 1.59 bits per heavy atom. The zero-order chi connectivity index (χ0) is 23.1. The van der Waals surface area contributed by atoms with E-state index in [1.54, 1.807) is 25.3 Å². The van der Waals surface area contributed by atoms with Crippen LogP contribution in [0.1, 0.15) is 17.5 Å². The van der Waals surface area contributed by atoms with Crippen molar-refractivity contribution in [3.8, 4) is 28.4 Å². The van der Waals surface area contributed by atoms with Crippen LogP contribution in [0, 0.1) is 0 Å². The summed E-state index contributed by atoms with van der Waals surface area (Å²) in [6.45, 7) is 0.229. The lowest BCUT2D eigenvalue weighted by Gasteiger charge is -2.15. The van der Waals surface area contributed by atoms with Crippen molar-refractivity contribution >= 4 is 5.97 Å². The van der Waals surface area contributed by atoms with Crippen molar-refractivity contribution in [2.45, 2.75) is 25.8 Å². The van der Waals surface area contributed by atoms with Crippen molar-refractivity contribution in [1.82, 2.24) is 0 Å². The van der Waals surface area contributed by atoms with Gasteiger partial charge in [-0.25, -0.2) is 0 Å². The molecule has 3 rings (SSSR count). The topological polar surface area (TPSA) is 65.0 Å². The minimum Gasteiger partial charge on any atom is -0.496 e. The molecular formula is C24H21F3O5. The van der Waals surface area contributed by atoms with Crippen LogP contribution in [0.2, 0.25) is 0 Å². The van der Waals surface area contributed by atoms with E-state index in [9.17, 15) is 18.0 Å². The number of methoxy groups -OCH3 is 1. The second-order valence-corrected chi connectivity index (χ2v) is 6.89. The second-order valence-electron chi connectivity index (χ2n) is 6.89. The lowest BCUT2D eigenvalue weighted by molar-refractivity contribution is -0.274. The number of carbonyl (C=O) groups is 1. The van der Waals surface area contributed by atoms with Gasteiger partial charge < -0.3 is 19.3 Å². The highest BCUT2D eigenvalue weighted by molar-refractivity contribution is 5.69. The third-order valence-corrected chi connectivity index (χ3v) is 4.67. The van der Waals surface area contributed by atoms with Gasteiger partial charge in [-0.2, -0.15) is 0 Å². The molecule has 8 heteroatoms. The third-order valence-electron chi connectivity index (χ3n) is 4.67. The smallest absolute Gasteiger partial charge is 0.496 e. The van der Waals surface area contributed by atoms with Gasteiger partial charge in [-0.15, -0.1) is 13.2 Å². The second kappa shape index (κ2) is 10.1. The number of aryl methyl sites for hydroxylation is 1. The fraction of sp³-hybridized carbons (Fsp3) is 0.208. The highest BCUT2D eigenvalue weighted by Crippen LogP contribution is 2.31. The van der Waals surface area contributed by atoms with Crippen LogP contribution in [0.5, 0.6) is 17.2 Å². The zero-order valence-electron chi connectivity index (χ0n) is 17.2. The van der Waals surface area contributed by atoms with E-state index < -0.39 is 12.3 Å². The predicted octanol–water partition coefficient (Wildman–Crippen LogP) is 5.86. The van der Waals surface area contributed by atoms with E-state index in [2.05, 4.69) is 4.74 Å². The number of benzene rings is 3. The van der Waals surface area contributed by atoms with Gasteiger partial charge in [0.2, 0.25) is 0 Å². The summed E-state index contributed by atoms with van der Waals surface area (Å²) < 4.78 is 52.3. The Balaban J connectivity index is 1.83. The number of carboxylic acids is 1. The molecule has 3 aromatic carbocycles. The Morgan fingerprint density at radius 1 is 0.906 bits per heavy atom. The molecule has 0 amide bonds. The molecule has 0 bridgehead atoms. The first-order valence-electron chi connectivity index (χ1n) is 9.71. The number of para-hydroxylation sites is 1. The highest BCUT2D eigenvalue weighted by atomic mass is 19.4. The molecule has 5 nitrogen and oxygen atoms in total. The Morgan fingerprint density at radius 3 is 2.25 bits per heavy atom. The molecule has 0 aromatic heterocycles. The normalized spacial score (nSPS) is 11.1. The van der Waals surface area contributed by atoms with Crippen LogP contribution in [-0.4, -0.2) is 24.5 Å². The molecule has 0 radical (unpaired) electrons. The fourth-order valence-corrected chi connectivity index (χ4v) is 3.16. The maximum atomic E-state index is 12.4. The number of ether oxygens (including phenoxy) is 3. The molecule has 0 heterocycles. The van der Waals surface area contributed by atoms with Crippen LogP contribution >= 0.6 is 0 Å². The van der Waals surface area contributed by atoms with Crippen LogP contribution in [0.4, 0.5) is 13.2 Å². The molecule has 0 saturated heterocycles. The summed E-state index contributed by atoms with van der Waals surface area (Å²) in [7, 11) is 1.57. The number of aliphatic carboxylic acids is 1. The van der Waals surface area contributed by atoms with E-state index in [4.69, 9.17) is 14.6 Å². The van der Waals surface area contributed by atoms with Gasteiger partial charge in [-0.1, -0.05) is 36.4 Å². The number of hydrogen-bond donors (Lipinski definition) is 1. The lowest BCUT2D eigenvalue weighted by Crippen LogP contribution is -2.16. The van der Waals surface area contributed by atoms with Crippen molar-refractivity contribution in [1.29, 1.82) is 0 Å². The number of rotatable bonds is 9. The lowest BCUT2D eigenvalue weighted by atomic mass is 10.00. The summed E-state index contributed by atoms with van der Waals surface area (Å²) in [5, 5.41) is 9.09. The van der Waals surface area contributed by atoms with E-state index in [-0.39, 0.29) is 25.2 Å². The molecule has 3 aromatic rings. The number of halogens is 3. The standard InChI is InChI=1S/C24H21F3O5/c1-30-21-5-3-2-4-19(21)15-31-22-12-8-17(14-18(22)9-13-23(28)29)16-6-10-20(11-7-16)32-24(25,26)27/h2-8,10-12,14H,9,13,15H2,1H3,(H,28,29). The van der Waals surface area contributed by atoms with Crippen molar-refractivity contribution < 1.29 is 37.3 Å². The average Bonchev–Trinajstić information content (AvgIpc) is 2.76. The summed E-state index contributed by atoms with van der Waals surface area (Å²) >= 11 is 0. The molecule has 0 aliphatic rings.